The second kappa shape index (κ2) is 7.75. The van der Waals surface area contributed by atoms with Gasteiger partial charge in [0.15, 0.2) is 5.13 Å². The molecule has 9 heteroatoms. The number of rotatable bonds is 6. The summed E-state index contributed by atoms with van der Waals surface area (Å²) in [7, 11) is 1.58. The highest BCUT2D eigenvalue weighted by Crippen LogP contribution is 2.33. The summed E-state index contributed by atoms with van der Waals surface area (Å²) in [5, 5.41) is 5.83. The molecule has 1 aromatic heterocycles. The van der Waals surface area contributed by atoms with Crippen molar-refractivity contribution in [1.82, 2.24) is 15.2 Å². The van der Waals surface area contributed by atoms with E-state index in [9.17, 15) is 14.4 Å². The molecule has 2 N–H and O–H groups in total. The van der Waals surface area contributed by atoms with E-state index >= 15 is 0 Å². The molecule has 3 aromatic rings. The van der Waals surface area contributed by atoms with E-state index in [1.165, 1.54) is 11.3 Å². The lowest BCUT2D eigenvalue weighted by Crippen LogP contribution is -2.44. The third-order valence-electron chi connectivity index (χ3n) is 5.12. The summed E-state index contributed by atoms with van der Waals surface area (Å²) in [5.41, 5.74) is 0.249. The Morgan fingerprint density at radius 1 is 1.23 bits per heavy atom. The van der Waals surface area contributed by atoms with Gasteiger partial charge in [0.2, 0.25) is 5.91 Å². The number of carbonyl (C=O) groups is 3. The Balaban J connectivity index is 1.50. The molecule has 1 fully saturated rings. The number of thiazole rings is 1. The summed E-state index contributed by atoms with van der Waals surface area (Å²) >= 11 is 1.29. The normalized spacial score (nSPS) is 18.5. The van der Waals surface area contributed by atoms with E-state index in [4.69, 9.17) is 4.74 Å². The summed E-state index contributed by atoms with van der Waals surface area (Å²) in [6.07, 6.45) is 0.374. The van der Waals surface area contributed by atoms with Crippen LogP contribution in [-0.2, 0) is 15.1 Å². The molecule has 154 valence electrons. The van der Waals surface area contributed by atoms with Gasteiger partial charge in [0, 0.05) is 0 Å². The maximum absolute atomic E-state index is 13.1. The molecule has 0 saturated carbocycles. The zero-order valence-electron chi connectivity index (χ0n) is 16.5. The molecule has 1 aliphatic heterocycles. The SMILES string of the molecule is CCC1(c2ccccc2)NC(=O)N(CC(=O)Nc2nc3ccc(OC)cc3s2)C1=O. The first-order valence-electron chi connectivity index (χ1n) is 9.41. The zero-order chi connectivity index (χ0) is 21.3. The van der Waals surface area contributed by atoms with Gasteiger partial charge in [-0.3, -0.25) is 14.5 Å². The highest BCUT2D eigenvalue weighted by molar-refractivity contribution is 7.22. The van der Waals surface area contributed by atoms with E-state index < -0.39 is 29.9 Å². The molecule has 4 amide bonds. The highest BCUT2D eigenvalue weighted by atomic mass is 32.1. The average molecular weight is 424 g/mol. The number of hydrogen-bond donors (Lipinski definition) is 2. The van der Waals surface area contributed by atoms with Crippen LogP contribution in [0.5, 0.6) is 5.75 Å². The number of benzene rings is 2. The van der Waals surface area contributed by atoms with Crippen molar-refractivity contribution in [3.63, 3.8) is 0 Å². The Labute approximate surface area is 176 Å². The topological polar surface area (TPSA) is 101 Å². The summed E-state index contributed by atoms with van der Waals surface area (Å²) in [5.74, 6) is -0.241. The number of urea groups is 1. The Kier molecular flexibility index (Phi) is 5.13. The van der Waals surface area contributed by atoms with Crippen molar-refractivity contribution in [3.8, 4) is 5.75 Å². The number of anilines is 1. The molecular weight excluding hydrogens is 404 g/mol. The summed E-state index contributed by atoms with van der Waals surface area (Å²) < 4.78 is 6.05. The van der Waals surface area contributed by atoms with Gasteiger partial charge < -0.3 is 15.4 Å². The summed E-state index contributed by atoms with van der Waals surface area (Å²) in [6.45, 7) is 1.43. The number of amides is 4. The van der Waals surface area contributed by atoms with Crippen LogP contribution in [0.15, 0.2) is 48.5 Å². The van der Waals surface area contributed by atoms with Crippen molar-refractivity contribution in [1.29, 1.82) is 0 Å². The number of hydrogen-bond acceptors (Lipinski definition) is 6. The molecule has 4 rings (SSSR count). The fourth-order valence-corrected chi connectivity index (χ4v) is 4.43. The van der Waals surface area contributed by atoms with Gasteiger partial charge in [-0.15, -0.1) is 0 Å². The van der Waals surface area contributed by atoms with Crippen molar-refractivity contribution in [2.75, 3.05) is 19.0 Å². The quantitative estimate of drug-likeness (QED) is 0.592. The van der Waals surface area contributed by atoms with Crippen molar-refractivity contribution < 1.29 is 19.1 Å². The van der Waals surface area contributed by atoms with E-state index in [1.54, 1.807) is 31.4 Å². The molecular formula is C21H20N4O4S. The molecule has 0 bridgehead atoms. The second-order valence-corrected chi connectivity index (χ2v) is 7.88. The standard InChI is InChI=1S/C21H20N4O4S/c1-3-21(13-7-5-4-6-8-13)18(27)25(20(28)24-21)12-17(26)23-19-22-15-10-9-14(29-2)11-16(15)30-19/h4-11H,3,12H2,1-2H3,(H,24,28)(H,22,23,26). The summed E-state index contributed by atoms with van der Waals surface area (Å²) in [4.78, 5) is 43.5. The van der Waals surface area contributed by atoms with Crippen LogP contribution in [0.3, 0.4) is 0 Å². The molecule has 2 aromatic carbocycles. The predicted molar refractivity (Wildman–Crippen MR) is 113 cm³/mol. The minimum Gasteiger partial charge on any atom is -0.497 e. The predicted octanol–water partition coefficient (Wildman–Crippen LogP) is 3.10. The van der Waals surface area contributed by atoms with Crippen molar-refractivity contribution in [2.24, 2.45) is 0 Å². The van der Waals surface area contributed by atoms with Crippen molar-refractivity contribution in [2.45, 2.75) is 18.9 Å². The maximum Gasteiger partial charge on any atom is 0.325 e. The molecule has 1 unspecified atom stereocenters. The highest BCUT2D eigenvalue weighted by Gasteiger charge is 2.51. The van der Waals surface area contributed by atoms with Gasteiger partial charge in [-0.25, -0.2) is 9.78 Å². The average Bonchev–Trinajstić information content (AvgIpc) is 3.27. The third-order valence-corrected chi connectivity index (χ3v) is 6.05. The zero-order valence-corrected chi connectivity index (χ0v) is 17.3. The van der Waals surface area contributed by atoms with Crippen LogP contribution in [0, 0.1) is 0 Å². The first-order chi connectivity index (χ1) is 14.5. The van der Waals surface area contributed by atoms with Gasteiger partial charge >= 0.3 is 6.03 Å². The van der Waals surface area contributed by atoms with Gasteiger partial charge in [-0.1, -0.05) is 48.6 Å². The molecule has 30 heavy (non-hydrogen) atoms. The number of carbonyl (C=O) groups excluding carboxylic acids is 3. The van der Waals surface area contributed by atoms with Crippen LogP contribution < -0.4 is 15.4 Å². The lowest BCUT2D eigenvalue weighted by atomic mass is 9.87. The first kappa shape index (κ1) is 19.8. The van der Waals surface area contributed by atoms with E-state index in [-0.39, 0.29) is 0 Å². The molecule has 1 aliphatic rings. The lowest BCUT2D eigenvalue weighted by molar-refractivity contribution is -0.134. The van der Waals surface area contributed by atoms with Gasteiger partial charge in [0.05, 0.1) is 17.3 Å². The van der Waals surface area contributed by atoms with Crippen LogP contribution in [-0.4, -0.2) is 41.4 Å². The number of aromatic nitrogens is 1. The minimum absolute atomic E-state index is 0.374. The monoisotopic (exact) mass is 424 g/mol. The maximum atomic E-state index is 13.1. The van der Waals surface area contributed by atoms with E-state index in [0.29, 0.717) is 22.9 Å². The Morgan fingerprint density at radius 2 is 2.00 bits per heavy atom. The van der Waals surface area contributed by atoms with Crippen LogP contribution in [0.25, 0.3) is 10.2 Å². The molecule has 1 atom stereocenters. The number of nitrogens with zero attached hydrogens (tertiary/aromatic N) is 2. The fraction of sp³-hybridized carbons (Fsp3) is 0.238. The smallest absolute Gasteiger partial charge is 0.325 e. The van der Waals surface area contributed by atoms with Gasteiger partial charge in [0.25, 0.3) is 5.91 Å². The van der Waals surface area contributed by atoms with Crippen LogP contribution in [0.4, 0.5) is 9.93 Å². The van der Waals surface area contributed by atoms with Crippen LogP contribution in [0.1, 0.15) is 18.9 Å². The van der Waals surface area contributed by atoms with Gasteiger partial charge in [-0.05, 0) is 30.2 Å². The molecule has 8 nitrogen and oxygen atoms in total. The van der Waals surface area contributed by atoms with Crippen molar-refractivity contribution in [3.05, 3.63) is 54.1 Å². The van der Waals surface area contributed by atoms with Crippen LogP contribution in [0.2, 0.25) is 0 Å². The first-order valence-corrected chi connectivity index (χ1v) is 10.2. The number of nitrogens with one attached hydrogen (secondary N) is 2. The second-order valence-electron chi connectivity index (χ2n) is 6.85. The molecule has 0 aliphatic carbocycles. The molecule has 0 radical (unpaired) electrons. The fourth-order valence-electron chi connectivity index (χ4n) is 3.52. The summed E-state index contributed by atoms with van der Waals surface area (Å²) in [6, 6.07) is 13.9. The Hall–Kier alpha value is -3.46. The van der Waals surface area contributed by atoms with E-state index in [2.05, 4.69) is 15.6 Å². The number of imide groups is 1. The van der Waals surface area contributed by atoms with Crippen LogP contribution >= 0.6 is 11.3 Å². The molecule has 2 heterocycles. The lowest BCUT2D eigenvalue weighted by Gasteiger charge is -2.25. The molecule has 1 saturated heterocycles. The Morgan fingerprint density at radius 3 is 2.70 bits per heavy atom. The van der Waals surface area contributed by atoms with E-state index in [0.717, 1.165) is 15.1 Å². The van der Waals surface area contributed by atoms with Gasteiger partial charge in [0.1, 0.15) is 17.8 Å². The van der Waals surface area contributed by atoms with Gasteiger partial charge in [-0.2, -0.15) is 0 Å². The Bertz CT molecular complexity index is 1130. The van der Waals surface area contributed by atoms with Crippen molar-refractivity contribution >= 4 is 44.5 Å². The largest absolute Gasteiger partial charge is 0.497 e. The number of methoxy groups -OCH3 is 1. The molecule has 0 spiro atoms. The minimum atomic E-state index is -1.16. The van der Waals surface area contributed by atoms with E-state index in [1.807, 2.05) is 31.2 Å². The number of fused-ring (bicyclic) bond motifs is 1. The number of ether oxygens (including phenoxy) is 1. The third kappa shape index (κ3) is 3.37.